The summed E-state index contributed by atoms with van der Waals surface area (Å²) in [5.41, 5.74) is 3.01. The summed E-state index contributed by atoms with van der Waals surface area (Å²) in [6.07, 6.45) is 0. The Hall–Kier alpha value is -3.67. The fourth-order valence-electron chi connectivity index (χ4n) is 2.58. The lowest BCUT2D eigenvalue weighted by Gasteiger charge is -2.11. The van der Waals surface area contributed by atoms with Gasteiger partial charge in [-0.15, -0.1) is 0 Å². The number of aromatic hydroxyl groups is 1. The molecule has 0 spiro atoms. The third kappa shape index (κ3) is 3.70. The van der Waals surface area contributed by atoms with Crippen LogP contribution in [0.1, 0.15) is 10.5 Å². The van der Waals surface area contributed by atoms with Crippen LogP contribution in [0.2, 0.25) is 0 Å². The lowest BCUT2D eigenvalue weighted by molar-refractivity contribution is -0.135. The van der Waals surface area contributed by atoms with Gasteiger partial charge in [0.05, 0.1) is 5.69 Å². The van der Waals surface area contributed by atoms with E-state index >= 15 is 0 Å². The van der Waals surface area contributed by atoms with Gasteiger partial charge in [-0.2, -0.15) is 0 Å². The largest absolute Gasteiger partial charge is 0.505 e. The van der Waals surface area contributed by atoms with Crippen LogP contribution in [-0.4, -0.2) is 33.6 Å². The van der Waals surface area contributed by atoms with E-state index in [4.69, 9.17) is 5.11 Å². The molecule has 0 saturated heterocycles. The summed E-state index contributed by atoms with van der Waals surface area (Å²) in [6.45, 7) is -0.551. The fourth-order valence-corrected chi connectivity index (χ4v) is 2.58. The lowest BCUT2D eigenvalue weighted by atomic mass is 9.97. The summed E-state index contributed by atoms with van der Waals surface area (Å²) in [5.74, 6) is -2.24. The van der Waals surface area contributed by atoms with Gasteiger partial charge in [-0.25, -0.2) is 4.98 Å². The maximum absolute atomic E-state index is 12.1. The maximum atomic E-state index is 12.1. The van der Waals surface area contributed by atoms with Gasteiger partial charge in [-0.3, -0.25) is 9.59 Å². The van der Waals surface area contributed by atoms with Crippen molar-refractivity contribution < 1.29 is 19.8 Å². The van der Waals surface area contributed by atoms with Gasteiger partial charge in [0.2, 0.25) is 0 Å². The average molecular weight is 348 g/mol. The van der Waals surface area contributed by atoms with Gasteiger partial charge >= 0.3 is 5.97 Å². The number of aliphatic carboxylic acids is 1. The quantitative estimate of drug-likeness (QED) is 0.658. The van der Waals surface area contributed by atoms with Gasteiger partial charge in [0.15, 0.2) is 5.69 Å². The van der Waals surface area contributed by atoms with E-state index in [0.29, 0.717) is 5.69 Å². The van der Waals surface area contributed by atoms with Crippen molar-refractivity contribution >= 4 is 11.9 Å². The van der Waals surface area contributed by atoms with Crippen LogP contribution >= 0.6 is 0 Å². The number of benzene rings is 2. The Bertz CT molecular complexity index is 955. The second-order valence-electron chi connectivity index (χ2n) is 5.55. The number of pyridine rings is 1. The Morgan fingerprint density at radius 2 is 1.54 bits per heavy atom. The Balaban J connectivity index is 2.02. The van der Waals surface area contributed by atoms with Crippen molar-refractivity contribution in [2.24, 2.45) is 0 Å². The number of carbonyl (C=O) groups excluding carboxylic acids is 1. The highest BCUT2D eigenvalue weighted by Crippen LogP contribution is 2.32. The zero-order chi connectivity index (χ0) is 18.5. The van der Waals surface area contributed by atoms with Gasteiger partial charge in [0.25, 0.3) is 5.91 Å². The first-order valence-electron chi connectivity index (χ1n) is 7.91. The van der Waals surface area contributed by atoms with E-state index in [-0.39, 0.29) is 11.4 Å². The molecule has 0 aliphatic rings. The first kappa shape index (κ1) is 17.2. The van der Waals surface area contributed by atoms with Crippen LogP contribution in [0.4, 0.5) is 0 Å². The van der Waals surface area contributed by atoms with E-state index in [1.807, 2.05) is 54.6 Å². The van der Waals surface area contributed by atoms with E-state index in [2.05, 4.69) is 10.3 Å². The van der Waals surface area contributed by atoms with Crippen LogP contribution in [0.15, 0.2) is 66.7 Å². The van der Waals surface area contributed by atoms with E-state index in [0.717, 1.165) is 16.7 Å². The number of amides is 1. The number of hydrogen-bond donors (Lipinski definition) is 3. The van der Waals surface area contributed by atoms with Crippen molar-refractivity contribution in [2.75, 3.05) is 6.54 Å². The minimum Gasteiger partial charge on any atom is -0.505 e. The van der Waals surface area contributed by atoms with Crippen LogP contribution in [0.3, 0.4) is 0 Å². The molecule has 0 atom stereocenters. The van der Waals surface area contributed by atoms with E-state index < -0.39 is 18.4 Å². The predicted molar refractivity (Wildman–Crippen MR) is 96.7 cm³/mol. The smallest absolute Gasteiger partial charge is 0.322 e. The summed E-state index contributed by atoms with van der Waals surface area (Å²) in [6, 6.07) is 20.3. The average Bonchev–Trinajstić information content (AvgIpc) is 2.67. The number of hydrogen-bond acceptors (Lipinski definition) is 4. The Kier molecular flexibility index (Phi) is 4.94. The number of aromatic nitrogens is 1. The first-order valence-corrected chi connectivity index (χ1v) is 7.91. The summed E-state index contributed by atoms with van der Waals surface area (Å²) < 4.78 is 0. The molecule has 0 aliphatic carbocycles. The molecule has 3 rings (SSSR count). The minimum absolute atomic E-state index is 0.216. The number of carboxylic acid groups (broad SMARTS) is 1. The molecule has 130 valence electrons. The van der Waals surface area contributed by atoms with Gasteiger partial charge < -0.3 is 15.5 Å². The molecule has 3 aromatic rings. The predicted octanol–water partition coefficient (Wildman–Crippen LogP) is 2.94. The SMILES string of the molecule is O=C(O)CNC(=O)c1nc(-c2ccccc2-c2ccccc2)ccc1O. The second-order valence-corrected chi connectivity index (χ2v) is 5.55. The van der Waals surface area contributed by atoms with Gasteiger partial charge in [0.1, 0.15) is 12.3 Å². The number of carboxylic acids is 1. The molecule has 2 aromatic carbocycles. The molecule has 0 fully saturated rings. The van der Waals surface area contributed by atoms with Crippen molar-refractivity contribution in [3.8, 4) is 28.1 Å². The van der Waals surface area contributed by atoms with Crippen LogP contribution < -0.4 is 5.32 Å². The molecular weight excluding hydrogens is 332 g/mol. The van der Waals surface area contributed by atoms with E-state index in [1.54, 1.807) is 6.07 Å². The normalized spacial score (nSPS) is 10.3. The number of rotatable bonds is 5. The molecule has 3 N–H and O–H groups in total. The third-order valence-corrected chi connectivity index (χ3v) is 3.78. The number of carbonyl (C=O) groups is 2. The molecule has 26 heavy (non-hydrogen) atoms. The standard InChI is InChI=1S/C20H16N2O4/c23-17-11-10-16(22-19(17)20(26)21-12-18(24)25)15-9-5-4-8-14(15)13-6-2-1-3-7-13/h1-11,23H,12H2,(H,21,26)(H,24,25). The van der Waals surface area contributed by atoms with Crippen molar-refractivity contribution in [1.82, 2.24) is 10.3 Å². The first-order chi connectivity index (χ1) is 12.6. The molecule has 0 aliphatic heterocycles. The zero-order valence-corrected chi connectivity index (χ0v) is 13.7. The highest BCUT2D eigenvalue weighted by molar-refractivity contribution is 5.97. The van der Waals surface area contributed by atoms with E-state index in [1.165, 1.54) is 6.07 Å². The van der Waals surface area contributed by atoms with Gasteiger partial charge in [-0.1, -0.05) is 54.6 Å². The van der Waals surface area contributed by atoms with Gasteiger partial charge in [0, 0.05) is 5.56 Å². The third-order valence-electron chi connectivity index (χ3n) is 3.78. The minimum atomic E-state index is -1.18. The van der Waals surface area contributed by atoms with Crippen molar-refractivity contribution in [1.29, 1.82) is 0 Å². The zero-order valence-electron chi connectivity index (χ0n) is 13.7. The van der Waals surface area contributed by atoms with E-state index in [9.17, 15) is 14.7 Å². The maximum Gasteiger partial charge on any atom is 0.322 e. The second kappa shape index (κ2) is 7.48. The van der Waals surface area contributed by atoms with Crippen molar-refractivity contribution in [2.45, 2.75) is 0 Å². The molecule has 6 nitrogen and oxygen atoms in total. The van der Waals surface area contributed by atoms with Gasteiger partial charge in [-0.05, 0) is 23.3 Å². The highest BCUT2D eigenvalue weighted by atomic mass is 16.4. The molecule has 1 aromatic heterocycles. The van der Waals surface area contributed by atoms with Crippen molar-refractivity contribution in [3.05, 3.63) is 72.4 Å². The Labute approximate surface area is 149 Å². The summed E-state index contributed by atoms with van der Waals surface area (Å²) in [5, 5.41) is 20.8. The molecular formula is C20H16N2O4. The van der Waals surface area contributed by atoms with Crippen molar-refractivity contribution in [3.63, 3.8) is 0 Å². The molecule has 6 heteroatoms. The number of nitrogens with zero attached hydrogens (tertiary/aromatic N) is 1. The molecule has 0 radical (unpaired) electrons. The Morgan fingerprint density at radius 1 is 0.885 bits per heavy atom. The number of nitrogens with one attached hydrogen (secondary N) is 1. The molecule has 1 amide bonds. The summed E-state index contributed by atoms with van der Waals surface area (Å²) >= 11 is 0. The van der Waals surface area contributed by atoms with Crippen LogP contribution in [0, 0.1) is 0 Å². The van der Waals surface area contributed by atoms with Crippen LogP contribution in [0.5, 0.6) is 5.75 Å². The monoisotopic (exact) mass is 348 g/mol. The molecule has 0 saturated carbocycles. The topological polar surface area (TPSA) is 99.5 Å². The Morgan fingerprint density at radius 3 is 2.23 bits per heavy atom. The molecule has 1 heterocycles. The molecule has 0 unspecified atom stereocenters. The van der Waals surface area contributed by atoms with Crippen LogP contribution in [-0.2, 0) is 4.79 Å². The van der Waals surface area contributed by atoms with Crippen LogP contribution in [0.25, 0.3) is 22.4 Å². The summed E-state index contributed by atoms with van der Waals surface area (Å²) in [7, 11) is 0. The molecule has 0 bridgehead atoms. The highest BCUT2D eigenvalue weighted by Gasteiger charge is 2.16. The fraction of sp³-hybridized carbons (Fsp3) is 0.0500. The lowest BCUT2D eigenvalue weighted by Crippen LogP contribution is -2.30. The summed E-state index contributed by atoms with van der Waals surface area (Å²) in [4.78, 5) is 27.0.